The minimum absolute atomic E-state index is 0.0101. The summed E-state index contributed by atoms with van der Waals surface area (Å²) in [7, 11) is 1.76. The average molecular weight is 242 g/mol. The van der Waals surface area contributed by atoms with Gasteiger partial charge in [-0.05, 0) is 37.8 Å². The van der Waals surface area contributed by atoms with Crippen molar-refractivity contribution in [2.24, 2.45) is 0 Å². The highest BCUT2D eigenvalue weighted by molar-refractivity contribution is 6.28. The molecule has 1 fully saturated rings. The number of hydrogen-bond acceptors (Lipinski definition) is 4. The average Bonchev–Trinajstić information content (AvgIpc) is 2.22. The minimum atomic E-state index is -0.0101. The first-order valence-corrected chi connectivity index (χ1v) is 5.81. The molecule has 0 atom stereocenters. The van der Waals surface area contributed by atoms with Crippen molar-refractivity contribution in [3.63, 3.8) is 0 Å². The molecule has 0 saturated heterocycles. The Balaban J connectivity index is 2.01. The van der Waals surface area contributed by atoms with Crippen LogP contribution in [0.5, 0.6) is 0 Å². The summed E-state index contributed by atoms with van der Waals surface area (Å²) >= 11 is 5.76. The van der Waals surface area contributed by atoms with Gasteiger partial charge in [-0.2, -0.15) is 0 Å². The van der Waals surface area contributed by atoms with Gasteiger partial charge in [0, 0.05) is 25.4 Å². The third-order valence-electron chi connectivity index (χ3n) is 3.22. The maximum atomic E-state index is 5.76. The number of rotatable bonds is 4. The minimum Gasteiger partial charge on any atom is -0.376 e. The molecule has 0 amide bonds. The van der Waals surface area contributed by atoms with Crippen molar-refractivity contribution in [1.29, 1.82) is 0 Å². The fourth-order valence-corrected chi connectivity index (χ4v) is 2.00. The third kappa shape index (κ3) is 2.28. The molecule has 1 aromatic heterocycles. The fraction of sp³-hybridized carbons (Fsp3) is 0.636. The monoisotopic (exact) mass is 241 g/mol. The molecule has 1 heterocycles. The zero-order valence-corrected chi connectivity index (χ0v) is 10.3. The van der Waals surface area contributed by atoms with Crippen LogP contribution in [0, 0.1) is 6.92 Å². The fourth-order valence-electron chi connectivity index (χ4n) is 1.87. The lowest BCUT2D eigenvalue weighted by Crippen LogP contribution is -2.45. The summed E-state index contributed by atoms with van der Waals surface area (Å²) in [6.07, 6.45) is 5.17. The highest BCUT2D eigenvalue weighted by Crippen LogP contribution is 2.35. The van der Waals surface area contributed by atoms with E-state index in [1.807, 2.05) is 6.92 Å². The van der Waals surface area contributed by atoms with Gasteiger partial charge < -0.3 is 10.1 Å². The van der Waals surface area contributed by atoms with Gasteiger partial charge in [-0.3, -0.25) is 0 Å². The molecule has 0 unspecified atom stereocenters. The van der Waals surface area contributed by atoms with Gasteiger partial charge in [-0.25, -0.2) is 9.97 Å². The Labute approximate surface area is 100 Å². The second-order valence-corrected chi connectivity index (χ2v) is 4.60. The third-order valence-corrected chi connectivity index (χ3v) is 3.40. The summed E-state index contributed by atoms with van der Waals surface area (Å²) in [5.74, 6) is 0.795. The lowest BCUT2D eigenvalue weighted by Gasteiger charge is -2.40. The first-order chi connectivity index (χ1) is 7.65. The van der Waals surface area contributed by atoms with Crippen molar-refractivity contribution in [3.05, 3.63) is 17.0 Å². The van der Waals surface area contributed by atoms with E-state index >= 15 is 0 Å². The number of hydrogen-bond donors (Lipinski definition) is 1. The number of anilines is 1. The van der Waals surface area contributed by atoms with Crippen molar-refractivity contribution < 1.29 is 4.74 Å². The largest absolute Gasteiger partial charge is 0.376 e. The van der Waals surface area contributed by atoms with Crippen molar-refractivity contribution >= 4 is 17.4 Å². The number of halogens is 1. The molecular weight excluding hydrogens is 226 g/mol. The van der Waals surface area contributed by atoms with E-state index < -0.39 is 0 Å². The second-order valence-electron chi connectivity index (χ2n) is 4.26. The molecule has 4 nitrogen and oxygen atoms in total. The molecule has 88 valence electrons. The van der Waals surface area contributed by atoms with Crippen LogP contribution < -0.4 is 5.32 Å². The van der Waals surface area contributed by atoms with Crippen molar-refractivity contribution in [2.45, 2.75) is 31.8 Å². The quantitative estimate of drug-likeness (QED) is 0.823. The van der Waals surface area contributed by atoms with E-state index in [0.717, 1.165) is 30.8 Å². The number of aromatic nitrogens is 2. The Hall–Kier alpha value is -0.870. The maximum Gasteiger partial charge on any atom is 0.224 e. The van der Waals surface area contributed by atoms with E-state index in [2.05, 4.69) is 15.3 Å². The molecule has 0 aromatic carbocycles. The van der Waals surface area contributed by atoms with Crippen LogP contribution in [0.4, 0.5) is 5.82 Å². The van der Waals surface area contributed by atoms with Crippen LogP contribution >= 0.6 is 11.6 Å². The molecule has 1 aliphatic rings. The predicted octanol–water partition coefficient (Wildman–Crippen LogP) is 2.42. The lowest BCUT2D eigenvalue weighted by molar-refractivity contribution is -0.0601. The highest BCUT2D eigenvalue weighted by Gasteiger charge is 2.36. The van der Waals surface area contributed by atoms with Crippen LogP contribution in [0.15, 0.2) is 6.20 Å². The number of aryl methyl sites for hydroxylation is 1. The molecule has 1 N–H and O–H groups in total. The van der Waals surface area contributed by atoms with Gasteiger partial charge in [0.25, 0.3) is 0 Å². The summed E-state index contributed by atoms with van der Waals surface area (Å²) < 4.78 is 5.53. The van der Waals surface area contributed by atoms with E-state index in [0.29, 0.717) is 0 Å². The predicted molar refractivity (Wildman–Crippen MR) is 63.9 cm³/mol. The van der Waals surface area contributed by atoms with E-state index in [1.54, 1.807) is 13.3 Å². The van der Waals surface area contributed by atoms with Gasteiger partial charge >= 0.3 is 0 Å². The Morgan fingerprint density at radius 2 is 2.31 bits per heavy atom. The smallest absolute Gasteiger partial charge is 0.224 e. The number of methoxy groups -OCH3 is 1. The number of nitrogens with zero attached hydrogens (tertiary/aromatic N) is 2. The van der Waals surface area contributed by atoms with Gasteiger partial charge in [-0.1, -0.05) is 0 Å². The second kappa shape index (κ2) is 4.55. The molecule has 0 spiro atoms. The Bertz CT molecular complexity index is 374. The topological polar surface area (TPSA) is 47.0 Å². The van der Waals surface area contributed by atoms with Crippen LogP contribution in [0.1, 0.15) is 24.8 Å². The summed E-state index contributed by atoms with van der Waals surface area (Å²) in [5.41, 5.74) is 0.985. The summed E-state index contributed by atoms with van der Waals surface area (Å²) in [6.45, 7) is 2.73. The van der Waals surface area contributed by atoms with Gasteiger partial charge in [0.15, 0.2) is 0 Å². The van der Waals surface area contributed by atoms with E-state index in [4.69, 9.17) is 16.3 Å². The van der Waals surface area contributed by atoms with Crippen LogP contribution in [-0.2, 0) is 4.74 Å². The normalized spacial score (nSPS) is 17.9. The molecular formula is C11H16ClN3O. The molecule has 5 heteroatoms. The van der Waals surface area contributed by atoms with E-state index in [1.165, 1.54) is 6.42 Å². The molecule has 1 saturated carbocycles. The maximum absolute atomic E-state index is 5.76. The SMILES string of the molecule is COC1(CNc2nc(Cl)ncc2C)CCC1. The molecule has 1 aliphatic carbocycles. The van der Waals surface area contributed by atoms with Crippen LogP contribution in [0.3, 0.4) is 0 Å². The zero-order valence-electron chi connectivity index (χ0n) is 9.59. The first-order valence-electron chi connectivity index (χ1n) is 5.43. The van der Waals surface area contributed by atoms with Crippen molar-refractivity contribution in [3.8, 4) is 0 Å². The van der Waals surface area contributed by atoms with Crippen molar-refractivity contribution in [1.82, 2.24) is 9.97 Å². The first kappa shape index (κ1) is 11.6. The molecule has 2 rings (SSSR count). The Morgan fingerprint density at radius 3 is 2.88 bits per heavy atom. The van der Waals surface area contributed by atoms with Crippen molar-refractivity contribution in [2.75, 3.05) is 19.0 Å². The molecule has 1 aromatic rings. The summed E-state index contributed by atoms with van der Waals surface area (Å²) in [5, 5.41) is 3.56. The molecule has 0 radical (unpaired) electrons. The Kier molecular flexibility index (Phi) is 3.30. The van der Waals surface area contributed by atoms with E-state index in [-0.39, 0.29) is 10.9 Å². The van der Waals surface area contributed by atoms with E-state index in [9.17, 15) is 0 Å². The van der Waals surface area contributed by atoms with Crippen LogP contribution in [-0.4, -0.2) is 29.2 Å². The van der Waals surface area contributed by atoms with Crippen LogP contribution in [0.2, 0.25) is 5.28 Å². The standard InChI is InChI=1S/C11H16ClN3O/c1-8-6-13-10(12)15-9(8)14-7-11(16-2)4-3-5-11/h6H,3-5,7H2,1-2H3,(H,13,14,15). The lowest BCUT2D eigenvalue weighted by atomic mass is 9.80. The van der Waals surface area contributed by atoms with Gasteiger partial charge in [0.1, 0.15) is 5.82 Å². The highest BCUT2D eigenvalue weighted by atomic mass is 35.5. The molecule has 0 aliphatic heterocycles. The van der Waals surface area contributed by atoms with Gasteiger partial charge in [-0.15, -0.1) is 0 Å². The molecule has 16 heavy (non-hydrogen) atoms. The van der Waals surface area contributed by atoms with Crippen LogP contribution in [0.25, 0.3) is 0 Å². The summed E-state index contributed by atoms with van der Waals surface area (Å²) in [6, 6.07) is 0. The number of ether oxygens (including phenoxy) is 1. The zero-order chi connectivity index (χ0) is 11.6. The summed E-state index contributed by atoms with van der Waals surface area (Å²) in [4.78, 5) is 8.08. The number of nitrogens with one attached hydrogen (secondary N) is 1. The Morgan fingerprint density at radius 1 is 1.56 bits per heavy atom. The van der Waals surface area contributed by atoms with Gasteiger partial charge in [0.05, 0.1) is 5.60 Å². The molecule has 0 bridgehead atoms. The van der Waals surface area contributed by atoms with Gasteiger partial charge in [0.2, 0.25) is 5.28 Å².